The normalized spacial score (nSPS) is 10.8. The van der Waals surface area contributed by atoms with E-state index in [-0.39, 0.29) is 18.2 Å². The number of amides is 1. The lowest BCUT2D eigenvalue weighted by molar-refractivity contribution is 0.101. The number of nitrogens with zero attached hydrogens (tertiary/aromatic N) is 3. The number of methoxy groups -OCH3 is 1. The molecule has 3 aromatic rings. The second-order valence-corrected chi connectivity index (χ2v) is 6.42. The molecule has 1 N–H and O–H groups in total. The molecule has 134 valence electrons. The Morgan fingerprint density at radius 3 is 2.54 bits per heavy atom. The molecule has 0 aliphatic heterocycles. The molecule has 6 nitrogen and oxygen atoms in total. The largest absolute Gasteiger partial charge is 0.378 e. The molecule has 26 heavy (non-hydrogen) atoms. The number of rotatable bonds is 5. The highest BCUT2D eigenvalue weighted by Crippen LogP contribution is 2.22. The topological polar surface area (TPSA) is 69.0 Å². The van der Waals surface area contributed by atoms with Crippen LogP contribution in [0.1, 0.15) is 27.3 Å². The standard InChI is InChI=1S/C19H19ClN4O2/c1-12-8-13(2)10-14(9-12)24-17(11-26-3)18(22-23-24)19(25)21-16-7-5-4-6-15(16)20/h4-10H,11H2,1-3H3,(H,21,25). The lowest BCUT2D eigenvalue weighted by Gasteiger charge is -2.10. The summed E-state index contributed by atoms with van der Waals surface area (Å²) < 4.78 is 6.90. The molecule has 0 unspecified atom stereocenters. The summed E-state index contributed by atoms with van der Waals surface area (Å²) in [6.07, 6.45) is 0. The Morgan fingerprint density at radius 2 is 1.88 bits per heavy atom. The van der Waals surface area contributed by atoms with Crippen LogP contribution in [0.25, 0.3) is 5.69 Å². The van der Waals surface area contributed by atoms with Crippen molar-refractivity contribution < 1.29 is 9.53 Å². The van der Waals surface area contributed by atoms with Crippen molar-refractivity contribution in [1.29, 1.82) is 0 Å². The molecule has 3 rings (SSSR count). The number of hydrogen-bond acceptors (Lipinski definition) is 4. The van der Waals surface area contributed by atoms with Crippen molar-refractivity contribution in [2.75, 3.05) is 12.4 Å². The number of anilines is 1. The first-order valence-corrected chi connectivity index (χ1v) is 8.45. The SMILES string of the molecule is COCc1c(C(=O)Nc2ccccc2Cl)nnn1-c1cc(C)cc(C)c1. The van der Waals surface area contributed by atoms with E-state index in [4.69, 9.17) is 16.3 Å². The molecule has 0 atom stereocenters. The maximum Gasteiger partial charge on any atom is 0.278 e. The van der Waals surface area contributed by atoms with Gasteiger partial charge in [-0.1, -0.05) is 35.0 Å². The van der Waals surface area contributed by atoms with Gasteiger partial charge < -0.3 is 10.1 Å². The minimum atomic E-state index is -0.388. The summed E-state index contributed by atoms with van der Waals surface area (Å²) in [6, 6.07) is 13.1. The average molecular weight is 371 g/mol. The van der Waals surface area contributed by atoms with E-state index in [1.807, 2.05) is 26.0 Å². The molecule has 0 aliphatic rings. The highest BCUT2D eigenvalue weighted by Gasteiger charge is 2.21. The molecule has 7 heteroatoms. The van der Waals surface area contributed by atoms with Crippen LogP contribution in [0.2, 0.25) is 5.02 Å². The van der Waals surface area contributed by atoms with E-state index in [2.05, 4.69) is 21.7 Å². The molecule has 0 saturated heterocycles. The van der Waals surface area contributed by atoms with E-state index >= 15 is 0 Å². The van der Waals surface area contributed by atoms with Crippen LogP contribution in [0.5, 0.6) is 0 Å². The lowest BCUT2D eigenvalue weighted by Crippen LogP contribution is -2.16. The van der Waals surface area contributed by atoms with Gasteiger partial charge in [0.2, 0.25) is 0 Å². The zero-order valence-electron chi connectivity index (χ0n) is 14.8. The van der Waals surface area contributed by atoms with Gasteiger partial charge >= 0.3 is 0 Å². The maximum absolute atomic E-state index is 12.7. The van der Waals surface area contributed by atoms with Crippen LogP contribution in [0, 0.1) is 13.8 Å². The fraction of sp³-hybridized carbons (Fsp3) is 0.211. The van der Waals surface area contributed by atoms with Crippen LogP contribution < -0.4 is 5.32 Å². The van der Waals surface area contributed by atoms with Crippen LogP contribution in [0.3, 0.4) is 0 Å². The Balaban J connectivity index is 1.99. The first-order chi connectivity index (χ1) is 12.5. The zero-order chi connectivity index (χ0) is 18.7. The predicted molar refractivity (Wildman–Crippen MR) is 101 cm³/mol. The summed E-state index contributed by atoms with van der Waals surface area (Å²) in [5, 5.41) is 11.5. The molecule has 1 aromatic heterocycles. The van der Waals surface area contributed by atoms with Gasteiger partial charge in [0.25, 0.3) is 5.91 Å². The van der Waals surface area contributed by atoms with Gasteiger partial charge in [-0.25, -0.2) is 4.68 Å². The number of hydrogen-bond donors (Lipinski definition) is 1. The first-order valence-electron chi connectivity index (χ1n) is 8.07. The number of ether oxygens (including phenoxy) is 1. The second kappa shape index (κ2) is 7.68. The number of halogens is 1. The van der Waals surface area contributed by atoms with E-state index in [0.29, 0.717) is 16.4 Å². The Labute approximate surface area is 156 Å². The molecular formula is C19H19ClN4O2. The summed E-state index contributed by atoms with van der Waals surface area (Å²) >= 11 is 6.11. The Morgan fingerprint density at radius 1 is 1.19 bits per heavy atom. The van der Waals surface area contributed by atoms with Crippen molar-refractivity contribution in [2.45, 2.75) is 20.5 Å². The van der Waals surface area contributed by atoms with Crippen LogP contribution in [-0.4, -0.2) is 28.0 Å². The van der Waals surface area contributed by atoms with Crippen LogP contribution in [0.4, 0.5) is 5.69 Å². The molecule has 0 radical (unpaired) electrons. The minimum Gasteiger partial charge on any atom is -0.378 e. The Bertz CT molecular complexity index is 932. The van der Waals surface area contributed by atoms with Gasteiger partial charge in [0, 0.05) is 7.11 Å². The number of aromatic nitrogens is 3. The summed E-state index contributed by atoms with van der Waals surface area (Å²) in [5.74, 6) is -0.388. The van der Waals surface area contributed by atoms with E-state index in [1.54, 1.807) is 36.1 Å². The van der Waals surface area contributed by atoms with Crippen molar-refractivity contribution in [2.24, 2.45) is 0 Å². The third kappa shape index (κ3) is 3.76. The fourth-order valence-corrected chi connectivity index (χ4v) is 2.95. The van der Waals surface area contributed by atoms with Crippen molar-refractivity contribution in [3.8, 4) is 5.69 Å². The molecule has 1 amide bonds. The number of benzene rings is 2. The van der Waals surface area contributed by atoms with Gasteiger partial charge in [0.05, 0.1) is 23.0 Å². The van der Waals surface area contributed by atoms with Gasteiger partial charge in [0.1, 0.15) is 5.69 Å². The molecule has 0 fully saturated rings. The molecule has 0 spiro atoms. The summed E-state index contributed by atoms with van der Waals surface area (Å²) in [5.41, 5.74) is 4.32. The highest BCUT2D eigenvalue weighted by molar-refractivity contribution is 6.33. The zero-order valence-corrected chi connectivity index (χ0v) is 15.5. The van der Waals surface area contributed by atoms with E-state index in [1.165, 1.54) is 0 Å². The molecule has 1 heterocycles. The monoisotopic (exact) mass is 370 g/mol. The minimum absolute atomic E-state index is 0.200. The number of nitrogens with one attached hydrogen (secondary N) is 1. The number of aryl methyl sites for hydroxylation is 2. The van der Waals surface area contributed by atoms with Gasteiger partial charge in [-0.3, -0.25) is 4.79 Å². The summed E-state index contributed by atoms with van der Waals surface area (Å²) in [6.45, 7) is 4.22. The maximum atomic E-state index is 12.7. The van der Waals surface area contributed by atoms with Crippen LogP contribution in [0.15, 0.2) is 42.5 Å². The van der Waals surface area contributed by atoms with Crippen LogP contribution in [-0.2, 0) is 11.3 Å². The Kier molecular flexibility index (Phi) is 5.35. The number of carbonyl (C=O) groups is 1. The van der Waals surface area contributed by atoms with Gasteiger partial charge in [0.15, 0.2) is 5.69 Å². The highest BCUT2D eigenvalue weighted by atomic mass is 35.5. The van der Waals surface area contributed by atoms with E-state index in [0.717, 1.165) is 16.8 Å². The molecule has 0 saturated carbocycles. The molecular weight excluding hydrogens is 352 g/mol. The second-order valence-electron chi connectivity index (χ2n) is 6.01. The third-order valence-corrected chi connectivity index (χ3v) is 4.16. The number of carbonyl (C=O) groups excluding carboxylic acids is 1. The average Bonchev–Trinajstić information content (AvgIpc) is 3.00. The molecule has 0 bridgehead atoms. The van der Waals surface area contributed by atoms with Crippen molar-refractivity contribution in [3.63, 3.8) is 0 Å². The molecule has 2 aromatic carbocycles. The first kappa shape index (κ1) is 18.1. The van der Waals surface area contributed by atoms with Gasteiger partial charge in [-0.15, -0.1) is 5.10 Å². The van der Waals surface area contributed by atoms with E-state index in [9.17, 15) is 4.79 Å². The van der Waals surface area contributed by atoms with Crippen molar-refractivity contribution in [3.05, 3.63) is 70.0 Å². The smallest absolute Gasteiger partial charge is 0.278 e. The fourth-order valence-electron chi connectivity index (χ4n) is 2.77. The number of para-hydroxylation sites is 1. The quantitative estimate of drug-likeness (QED) is 0.738. The lowest BCUT2D eigenvalue weighted by atomic mass is 10.1. The van der Waals surface area contributed by atoms with Gasteiger partial charge in [-0.05, 0) is 49.2 Å². The third-order valence-electron chi connectivity index (χ3n) is 3.83. The summed E-state index contributed by atoms with van der Waals surface area (Å²) in [4.78, 5) is 12.7. The van der Waals surface area contributed by atoms with Crippen molar-refractivity contribution >= 4 is 23.2 Å². The van der Waals surface area contributed by atoms with Gasteiger partial charge in [-0.2, -0.15) is 0 Å². The Hall–Kier alpha value is -2.70. The summed E-state index contributed by atoms with van der Waals surface area (Å²) in [7, 11) is 1.56. The molecule has 0 aliphatic carbocycles. The predicted octanol–water partition coefficient (Wildman–Crippen LogP) is 3.94. The van der Waals surface area contributed by atoms with Crippen molar-refractivity contribution in [1.82, 2.24) is 15.0 Å². The van der Waals surface area contributed by atoms with E-state index < -0.39 is 0 Å². The van der Waals surface area contributed by atoms with Crippen LogP contribution >= 0.6 is 11.6 Å².